The van der Waals surface area contributed by atoms with Gasteiger partial charge < -0.3 is 0 Å². The minimum absolute atomic E-state index is 0.122. The fourth-order valence-corrected chi connectivity index (χ4v) is 2.78. The Morgan fingerprint density at radius 2 is 1.40 bits per heavy atom. The Bertz CT molecular complexity index is 1190. The Morgan fingerprint density at radius 3 is 1.87 bits per heavy atom. The minimum Gasteiger partial charge on any atom is -0.294 e. The van der Waals surface area contributed by atoms with Gasteiger partial charge in [0, 0.05) is 11.3 Å². The SMILES string of the molecule is Cc1[nH]n(-c2c(F)c(F)c(C(F)(F)F)c(F)c2F)c(=O)c1C(=O)c1ccc(F)cc1. The number of H-pyrrole nitrogens is 1. The lowest BCUT2D eigenvalue weighted by molar-refractivity contribution is -0.143. The summed E-state index contributed by atoms with van der Waals surface area (Å²) in [7, 11) is 0. The maximum absolute atomic E-state index is 14.2. The van der Waals surface area contributed by atoms with Crippen molar-refractivity contribution in [3.8, 4) is 5.69 Å². The molecule has 2 aromatic carbocycles. The maximum atomic E-state index is 14.2. The lowest BCUT2D eigenvalue weighted by Gasteiger charge is -2.14. The van der Waals surface area contributed by atoms with Crippen LogP contribution < -0.4 is 5.56 Å². The predicted molar refractivity (Wildman–Crippen MR) is 85.8 cm³/mol. The van der Waals surface area contributed by atoms with E-state index in [0.29, 0.717) is 0 Å². The zero-order valence-corrected chi connectivity index (χ0v) is 14.6. The lowest BCUT2D eigenvalue weighted by atomic mass is 10.0. The van der Waals surface area contributed by atoms with Crippen LogP contribution in [0.4, 0.5) is 35.1 Å². The summed E-state index contributed by atoms with van der Waals surface area (Å²) in [6.45, 7) is 1.10. The van der Waals surface area contributed by atoms with Gasteiger partial charge >= 0.3 is 6.18 Å². The normalized spacial score (nSPS) is 11.8. The van der Waals surface area contributed by atoms with E-state index in [9.17, 15) is 44.7 Å². The van der Waals surface area contributed by atoms with Crippen molar-refractivity contribution in [1.82, 2.24) is 9.78 Å². The number of aryl methyl sites for hydroxylation is 1. The van der Waals surface area contributed by atoms with Crippen LogP contribution >= 0.6 is 0 Å². The highest BCUT2D eigenvalue weighted by Gasteiger charge is 2.43. The molecule has 158 valence electrons. The number of carbonyl (C=O) groups excluding carboxylic acids is 1. The topological polar surface area (TPSA) is 54.9 Å². The molecule has 1 heterocycles. The molecular formula is C18H8F8N2O2. The van der Waals surface area contributed by atoms with Gasteiger partial charge in [0.2, 0.25) is 0 Å². The van der Waals surface area contributed by atoms with E-state index in [2.05, 4.69) is 0 Å². The van der Waals surface area contributed by atoms with Crippen LogP contribution in [0.5, 0.6) is 0 Å². The summed E-state index contributed by atoms with van der Waals surface area (Å²) < 4.78 is 107. The van der Waals surface area contributed by atoms with Crippen LogP contribution in [0, 0.1) is 36.0 Å². The van der Waals surface area contributed by atoms with E-state index >= 15 is 0 Å². The smallest absolute Gasteiger partial charge is 0.294 e. The second kappa shape index (κ2) is 7.11. The van der Waals surface area contributed by atoms with E-state index in [4.69, 9.17) is 0 Å². The van der Waals surface area contributed by atoms with Gasteiger partial charge in [-0.25, -0.2) is 26.6 Å². The van der Waals surface area contributed by atoms with Crippen LogP contribution in [0.1, 0.15) is 27.2 Å². The average Bonchev–Trinajstić information content (AvgIpc) is 2.93. The summed E-state index contributed by atoms with van der Waals surface area (Å²) in [4.78, 5) is 25.0. The molecule has 0 amide bonds. The zero-order chi connectivity index (χ0) is 22.5. The zero-order valence-electron chi connectivity index (χ0n) is 14.6. The molecule has 0 aliphatic rings. The van der Waals surface area contributed by atoms with Gasteiger partial charge in [-0.15, -0.1) is 0 Å². The number of benzene rings is 2. The molecule has 0 saturated carbocycles. The molecule has 12 heteroatoms. The predicted octanol–water partition coefficient (Wildman–Crippen LogP) is 4.42. The quantitative estimate of drug-likeness (QED) is 0.376. The molecule has 0 saturated heterocycles. The van der Waals surface area contributed by atoms with Crippen molar-refractivity contribution in [2.75, 3.05) is 0 Å². The molecular weight excluding hydrogens is 428 g/mol. The summed E-state index contributed by atoms with van der Waals surface area (Å²) in [5, 5.41) is 2.00. The van der Waals surface area contributed by atoms with Gasteiger partial charge in [0.15, 0.2) is 29.1 Å². The molecule has 0 spiro atoms. The molecule has 0 atom stereocenters. The summed E-state index contributed by atoms with van der Waals surface area (Å²) in [5.74, 6) is -12.2. The highest BCUT2D eigenvalue weighted by molar-refractivity contribution is 6.09. The largest absolute Gasteiger partial charge is 0.422 e. The van der Waals surface area contributed by atoms with E-state index in [1.54, 1.807) is 0 Å². The van der Waals surface area contributed by atoms with Crippen molar-refractivity contribution in [1.29, 1.82) is 0 Å². The van der Waals surface area contributed by atoms with Gasteiger partial charge in [-0.05, 0) is 31.2 Å². The minimum atomic E-state index is -5.76. The first-order chi connectivity index (χ1) is 13.9. The Labute approximate surface area is 161 Å². The standard InChI is InChI=1S/C18H8F8N2O2/c1-6-9(16(29)7-2-4-8(19)5-3-7)17(30)28(27-6)15-13(22)11(20)10(18(24,25)26)12(21)14(15)23/h2-5,27H,1H3. The number of aromatic amines is 1. The highest BCUT2D eigenvalue weighted by atomic mass is 19.4. The first-order valence-corrected chi connectivity index (χ1v) is 7.91. The number of rotatable bonds is 3. The molecule has 0 aliphatic heterocycles. The molecule has 3 aromatic rings. The van der Waals surface area contributed by atoms with Crippen LogP contribution in [-0.2, 0) is 6.18 Å². The number of halogens is 8. The van der Waals surface area contributed by atoms with E-state index < -0.39 is 63.4 Å². The van der Waals surface area contributed by atoms with Gasteiger partial charge in [-0.2, -0.15) is 13.2 Å². The number of carbonyl (C=O) groups is 1. The number of nitrogens with one attached hydrogen (secondary N) is 1. The third-order valence-corrected chi connectivity index (χ3v) is 4.15. The molecule has 3 rings (SSSR count). The Morgan fingerprint density at radius 1 is 0.900 bits per heavy atom. The molecule has 1 N–H and O–H groups in total. The highest BCUT2D eigenvalue weighted by Crippen LogP contribution is 2.37. The van der Waals surface area contributed by atoms with Gasteiger partial charge in [0.1, 0.15) is 22.6 Å². The summed E-state index contributed by atoms with van der Waals surface area (Å²) in [6.07, 6.45) is -5.76. The van der Waals surface area contributed by atoms with Crippen LogP contribution in [-0.4, -0.2) is 15.6 Å². The van der Waals surface area contributed by atoms with Crippen molar-refractivity contribution < 1.29 is 39.9 Å². The van der Waals surface area contributed by atoms with Crippen LogP contribution in [0.3, 0.4) is 0 Å². The molecule has 1 aromatic heterocycles. The molecule has 0 aliphatic carbocycles. The Balaban J connectivity index is 2.25. The van der Waals surface area contributed by atoms with Crippen molar-refractivity contribution in [3.63, 3.8) is 0 Å². The first kappa shape index (κ1) is 21.3. The first-order valence-electron chi connectivity index (χ1n) is 7.91. The van der Waals surface area contributed by atoms with E-state index in [1.807, 2.05) is 5.10 Å². The summed E-state index contributed by atoms with van der Waals surface area (Å²) in [5.41, 5.74) is -7.33. The lowest BCUT2D eigenvalue weighted by Crippen LogP contribution is -2.25. The molecule has 4 nitrogen and oxygen atoms in total. The second-order valence-corrected chi connectivity index (χ2v) is 6.07. The van der Waals surface area contributed by atoms with Crippen molar-refractivity contribution in [2.24, 2.45) is 0 Å². The fourth-order valence-electron chi connectivity index (χ4n) is 2.78. The van der Waals surface area contributed by atoms with Gasteiger partial charge in [-0.1, -0.05) is 0 Å². The monoisotopic (exact) mass is 436 g/mol. The van der Waals surface area contributed by atoms with E-state index in [0.717, 1.165) is 31.2 Å². The van der Waals surface area contributed by atoms with Crippen molar-refractivity contribution in [3.05, 3.63) is 86.1 Å². The molecule has 0 radical (unpaired) electrons. The van der Waals surface area contributed by atoms with Gasteiger partial charge in [-0.3, -0.25) is 14.7 Å². The molecule has 0 fully saturated rings. The summed E-state index contributed by atoms with van der Waals surface area (Å²) in [6, 6.07) is 3.81. The number of alkyl halides is 3. The van der Waals surface area contributed by atoms with Crippen molar-refractivity contribution in [2.45, 2.75) is 13.1 Å². The Hall–Kier alpha value is -3.44. The number of nitrogens with zero attached hydrogens (tertiary/aromatic N) is 1. The van der Waals surface area contributed by atoms with Crippen LogP contribution in [0.25, 0.3) is 5.69 Å². The van der Waals surface area contributed by atoms with E-state index in [1.165, 1.54) is 0 Å². The fraction of sp³-hybridized carbons (Fsp3) is 0.111. The second-order valence-electron chi connectivity index (χ2n) is 6.07. The molecule has 0 bridgehead atoms. The van der Waals surface area contributed by atoms with Crippen LogP contribution in [0.2, 0.25) is 0 Å². The number of aromatic nitrogens is 2. The van der Waals surface area contributed by atoms with Gasteiger partial charge in [0.05, 0.1) is 0 Å². The Kier molecular flexibility index (Phi) is 5.04. The number of hydrogen-bond donors (Lipinski definition) is 1. The molecule has 30 heavy (non-hydrogen) atoms. The number of hydrogen-bond acceptors (Lipinski definition) is 2. The van der Waals surface area contributed by atoms with Gasteiger partial charge in [0.25, 0.3) is 5.56 Å². The van der Waals surface area contributed by atoms with Crippen LogP contribution in [0.15, 0.2) is 29.1 Å². The summed E-state index contributed by atoms with van der Waals surface area (Å²) >= 11 is 0. The van der Waals surface area contributed by atoms with E-state index in [-0.39, 0.29) is 15.9 Å². The maximum Gasteiger partial charge on any atom is 0.422 e. The third-order valence-electron chi connectivity index (χ3n) is 4.15. The van der Waals surface area contributed by atoms with Crippen molar-refractivity contribution >= 4 is 5.78 Å². The third kappa shape index (κ3) is 3.27. The molecule has 0 unspecified atom stereocenters. The average molecular weight is 436 g/mol. The number of ketones is 1.